The van der Waals surface area contributed by atoms with Crippen LogP contribution in [0.3, 0.4) is 0 Å². The number of amides is 2. The lowest BCUT2D eigenvalue weighted by atomic mass is 10.3. The van der Waals surface area contributed by atoms with E-state index in [9.17, 15) is 9.59 Å². The van der Waals surface area contributed by atoms with Crippen molar-refractivity contribution in [2.24, 2.45) is 0 Å². The van der Waals surface area contributed by atoms with E-state index in [1.165, 1.54) is 21.6 Å². The number of rotatable bonds is 3. The van der Waals surface area contributed by atoms with Crippen molar-refractivity contribution in [1.82, 2.24) is 9.80 Å². The topological polar surface area (TPSA) is 81.1 Å². The van der Waals surface area contributed by atoms with Gasteiger partial charge in [0.2, 0.25) is 0 Å². The van der Waals surface area contributed by atoms with Gasteiger partial charge in [-0.1, -0.05) is 0 Å². The van der Waals surface area contributed by atoms with Crippen molar-refractivity contribution in [3.05, 3.63) is 0 Å². The van der Waals surface area contributed by atoms with Gasteiger partial charge in [-0.3, -0.25) is 0 Å². The number of urea groups is 1. The third kappa shape index (κ3) is 3.02. The molecule has 7 heteroatoms. The molecule has 2 N–H and O–H groups in total. The minimum Gasteiger partial charge on any atom is -0.480 e. The maximum Gasteiger partial charge on any atom is 0.327 e. The Morgan fingerprint density at radius 1 is 1.62 bits per heavy atom. The second-order valence-corrected chi connectivity index (χ2v) is 4.84. The number of carboxylic acids is 1. The van der Waals surface area contributed by atoms with E-state index in [4.69, 9.17) is 10.2 Å². The van der Waals surface area contributed by atoms with Crippen molar-refractivity contribution in [2.75, 3.05) is 25.2 Å². The Morgan fingerprint density at radius 3 is 2.75 bits per heavy atom. The van der Waals surface area contributed by atoms with Crippen molar-refractivity contribution in [2.45, 2.75) is 19.1 Å². The molecule has 0 aromatic heterocycles. The second-order valence-electron chi connectivity index (χ2n) is 3.84. The van der Waals surface area contributed by atoms with Gasteiger partial charge in [0.15, 0.2) is 0 Å². The number of carbonyl (C=O) groups is 2. The molecule has 0 bridgehead atoms. The SMILES string of the molecule is CC(O)CN(C)C(=O)N1CSCC1C(=O)O. The fraction of sp³-hybridized carbons (Fsp3) is 0.778. The molecular weight excluding hydrogens is 232 g/mol. The molecule has 1 rings (SSSR count). The van der Waals surface area contributed by atoms with Crippen molar-refractivity contribution >= 4 is 23.8 Å². The number of hydrogen-bond acceptors (Lipinski definition) is 4. The highest BCUT2D eigenvalue weighted by Gasteiger charge is 2.36. The highest BCUT2D eigenvalue weighted by molar-refractivity contribution is 7.99. The number of nitrogens with zero attached hydrogens (tertiary/aromatic N) is 2. The summed E-state index contributed by atoms with van der Waals surface area (Å²) in [4.78, 5) is 25.4. The van der Waals surface area contributed by atoms with E-state index >= 15 is 0 Å². The fourth-order valence-corrected chi connectivity index (χ4v) is 2.67. The highest BCUT2D eigenvalue weighted by Crippen LogP contribution is 2.22. The van der Waals surface area contributed by atoms with E-state index in [1.807, 2.05) is 0 Å². The summed E-state index contributed by atoms with van der Waals surface area (Å²) in [5, 5.41) is 18.1. The lowest BCUT2D eigenvalue weighted by molar-refractivity contribution is -0.140. The molecule has 2 amide bonds. The van der Waals surface area contributed by atoms with Gasteiger partial charge in [-0.15, -0.1) is 11.8 Å². The average molecular weight is 248 g/mol. The average Bonchev–Trinajstić information content (AvgIpc) is 2.63. The summed E-state index contributed by atoms with van der Waals surface area (Å²) in [6.07, 6.45) is -0.618. The molecule has 1 heterocycles. The van der Waals surface area contributed by atoms with Crippen LogP contribution >= 0.6 is 11.8 Å². The summed E-state index contributed by atoms with van der Waals surface area (Å²) in [6, 6.07) is -1.10. The molecule has 2 atom stereocenters. The number of hydrogen-bond donors (Lipinski definition) is 2. The third-order valence-corrected chi connectivity index (χ3v) is 3.29. The van der Waals surface area contributed by atoms with Crippen molar-refractivity contribution in [1.29, 1.82) is 0 Å². The standard InChI is InChI=1S/C9H16N2O4S/c1-6(12)3-10(2)9(15)11-5-16-4-7(11)8(13)14/h6-7,12H,3-5H2,1-2H3,(H,13,14). The van der Waals surface area contributed by atoms with Crippen LogP contribution in [0.5, 0.6) is 0 Å². The first kappa shape index (κ1) is 13.1. The van der Waals surface area contributed by atoms with E-state index in [2.05, 4.69) is 0 Å². The molecule has 1 saturated heterocycles. The van der Waals surface area contributed by atoms with Crippen LogP contribution in [0.25, 0.3) is 0 Å². The van der Waals surface area contributed by atoms with Gasteiger partial charge in [0.1, 0.15) is 6.04 Å². The van der Waals surface area contributed by atoms with Gasteiger partial charge in [0.25, 0.3) is 0 Å². The quantitative estimate of drug-likeness (QED) is 0.727. The number of likely N-dealkylation sites (N-methyl/N-ethyl adjacent to an activating group) is 1. The first-order valence-electron chi connectivity index (χ1n) is 4.94. The van der Waals surface area contributed by atoms with Crippen molar-refractivity contribution in [3.8, 4) is 0 Å². The molecule has 0 spiro atoms. The molecule has 0 radical (unpaired) electrons. The van der Waals surface area contributed by atoms with Gasteiger partial charge in [0, 0.05) is 19.3 Å². The third-order valence-electron chi connectivity index (χ3n) is 2.28. The predicted molar refractivity (Wildman–Crippen MR) is 60.3 cm³/mol. The summed E-state index contributed by atoms with van der Waals surface area (Å²) in [5.41, 5.74) is 0. The van der Waals surface area contributed by atoms with Crippen LogP contribution in [-0.4, -0.2) is 69.4 Å². The van der Waals surface area contributed by atoms with Crippen LogP contribution in [0.2, 0.25) is 0 Å². The Bertz CT molecular complexity index is 285. The maximum absolute atomic E-state index is 11.9. The smallest absolute Gasteiger partial charge is 0.327 e. The molecule has 16 heavy (non-hydrogen) atoms. The molecule has 2 unspecified atom stereocenters. The van der Waals surface area contributed by atoms with Crippen molar-refractivity contribution < 1.29 is 19.8 Å². The Kier molecular flexibility index (Phi) is 4.43. The van der Waals surface area contributed by atoms with Crippen LogP contribution in [0, 0.1) is 0 Å². The first-order valence-corrected chi connectivity index (χ1v) is 6.09. The Morgan fingerprint density at radius 2 is 2.25 bits per heavy atom. The first-order chi connectivity index (χ1) is 7.43. The molecule has 1 fully saturated rings. The van der Waals surface area contributed by atoms with E-state index in [0.29, 0.717) is 11.6 Å². The van der Waals surface area contributed by atoms with Crippen LogP contribution in [-0.2, 0) is 4.79 Å². The molecular formula is C9H16N2O4S. The second kappa shape index (κ2) is 5.40. The van der Waals surface area contributed by atoms with Crippen LogP contribution in [0.1, 0.15) is 6.92 Å². The molecule has 0 aromatic rings. The van der Waals surface area contributed by atoms with E-state index in [-0.39, 0.29) is 12.6 Å². The number of carboxylic acid groups (broad SMARTS) is 1. The van der Waals surface area contributed by atoms with E-state index in [0.717, 1.165) is 0 Å². The molecule has 6 nitrogen and oxygen atoms in total. The summed E-state index contributed by atoms with van der Waals surface area (Å²) in [6.45, 7) is 1.78. The van der Waals surface area contributed by atoms with Gasteiger partial charge in [0.05, 0.1) is 12.0 Å². The van der Waals surface area contributed by atoms with Gasteiger partial charge in [-0.25, -0.2) is 9.59 Å². The number of aliphatic hydroxyl groups is 1. The predicted octanol–water partition coefficient (Wildman–Crippen LogP) is -0.121. The zero-order valence-corrected chi connectivity index (χ0v) is 10.1. The van der Waals surface area contributed by atoms with Crippen molar-refractivity contribution in [3.63, 3.8) is 0 Å². The minimum atomic E-state index is -0.983. The summed E-state index contributed by atoms with van der Waals surface area (Å²) < 4.78 is 0. The zero-order valence-electron chi connectivity index (χ0n) is 9.29. The number of aliphatic hydroxyl groups excluding tert-OH is 1. The molecule has 0 aliphatic carbocycles. The largest absolute Gasteiger partial charge is 0.480 e. The number of aliphatic carboxylic acids is 1. The highest BCUT2D eigenvalue weighted by atomic mass is 32.2. The molecule has 0 aromatic carbocycles. The van der Waals surface area contributed by atoms with Gasteiger partial charge in [-0.05, 0) is 6.92 Å². The summed E-state index contributed by atoms with van der Waals surface area (Å²) >= 11 is 1.42. The van der Waals surface area contributed by atoms with Crippen LogP contribution < -0.4 is 0 Å². The van der Waals surface area contributed by atoms with Crippen LogP contribution in [0.4, 0.5) is 4.79 Å². The molecule has 0 saturated carbocycles. The lowest BCUT2D eigenvalue weighted by Gasteiger charge is -2.27. The minimum absolute atomic E-state index is 0.201. The zero-order chi connectivity index (χ0) is 12.3. The summed E-state index contributed by atoms with van der Waals surface area (Å²) in [7, 11) is 1.55. The number of carbonyl (C=O) groups excluding carboxylic acids is 1. The fourth-order valence-electron chi connectivity index (χ4n) is 1.53. The van der Waals surface area contributed by atoms with E-state index in [1.54, 1.807) is 14.0 Å². The molecule has 92 valence electrons. The Balaban J connectivity index is 2.62. The number of thioether (sulfide) groups is 1. The Labute approximate surface area is 98.2 Å². The van der Waals surface area contributed by atoms with E-state index < -0.39 is 18.1 Å². The molecule has 1 aliphatic rings. The monoisotopic (exact) mass is 248 g/mol. The Hall–Kier alpha value is -0.950. The normalized spacial score (nSPS) is 21.9. The van der Waals surface area contributed by atoms with Gasteiger partial charge < -0.3 is 20.0 Å². The van der Waals surface area contributed by atoms with Gasteiger partial charge in [-0.2, -0.15) is 0 Å². The summed E-state index contributed by atoms with van der Waals surface area (Å²) in [5.74, 6) is -0.174. The molecule has 1 aliphatic heterocycles. The van der Waals surface area contributed by atoms with Gasteiger partial charge >= 0.3 is 12.0 Å². The lowest BCUT2D eigenvalue weighted by Crippen LogP contribution is -2.48. The maximum atomic E-state index is 11.9. The van der Waals surface area contributed by atoms with Crippen LogP contribution in [0.15, 0.2) is 0 Å².